The molecule has 2 heteroatoms. The van der Waals surface area contributed by atoms with Crippen molar-refractivity contribution >= 4 is 0 Å². The predicted molar refractivity (Wildman–Crippen MR) is 193 cm³/mol. The van der Waals surface area contributed by atoms with Gasteiger partial charge >= 0.3 is 0 Å². The number of aromatic nitrogens is 2. The highest BCUT2D eigenvalue weighted by atomic mass is 15.1. The lowest BCUT2D eigenvalue weighted by molar-refractivity contribution is -0.697. The Hall–Kier alpha value is -0.790. The van der Waals surface area contributed by atoms with Gasteiger partial charge in [-0.05, 0) is 32.6 Å². The third-order valence-corrected chi connectivity index (χ3v) is 9.97. The van der Waals surface area contributed by atoms with Crippen molar-refractivity contribution < 1.29 is 4.57 Å². The summed E-state index contributed by atoms with van der Waals surface area (Å²) in [4.78, 5) is 0. The summed E-state index contributed by atoms with van der Waals surface area (Å²) in [6.45, 7) is 8.21. The highest BCUT2D eigenvalue weighted by molar-refractivity contribution is 4.72. The van der Waals surface area contributed by atoms with Crippen LogP contribution in [0.15, 0.2) is 18.7 Å². The number of aryl methyl sites for hydroxylation is 1. The first-order valence-electron chi connectivity index (χ1n) is 20.3. The van der Waals surface area contributed by atoms with Crippen LogP contribution in [-0.2, 0) is 6.54 Å². The summed E-state index contributed by atoms with van der Waals surface area (Å²) < 4.78 is 4.88. The lowest BCUT2D eigenvalue weighted by atomic mass is 10.0. The van der Waals surface area contributed by atoms with Crippen LogP contribution >= 0.6 is 0 Å². The maximum atomic E-state index is 2.46. The molecule has 0 saturated heterocycles. The SMILES string of the molecule is CCCCCCCCCCCCCCCCCCC[n+]1ccn(C(C)CCCCCCCCCCCCCCCCC)c1. The van der Waals surface area contributed by atoms with E-state index < -0.39 is 0 Å². The van der Waals surface area contributed by atoms with E-state index in [-0.39, 0.29) is 0 Å². The van der Waals surface area contributed by atoms with Gasteiger partial charge in [0, 0.05) is 0 Å². The molecule has 1 aromatic rings. The van der Waals surface area contributed by atoms with E-state index >= 15 is 0 Å². The minimum atomic E-state index is 0.638. The van der Waals surface area contributed by atoms with Gasteiger partial charge in [0.1, 0.15) is 12.4 Å². The Balaban J connectivity index is 1.84. The standard InChI is InChI=1S/C41H81N2/c1-4-6-8-10-12-14-16-18-20-21-23-25-27-29-31-33-35-37-42-38-39-43(40-42)41(3)36-34-32-30-28-26-24-22-19-17-15-13-11-9-7-5-2/h38-41H,4-37H2,1-3H3/q+1. The Labute approximate surface area is 272 Å². The Morgan fingerprint density at radius 2 is 0.721 bits per heavy atom. The largest absolute Gasteiger partial charge is 0.243 e. The molecule has 254 valence electrons. The highest BCUT2D eigenvalue weighted by Crippen LogP contribution is 2.18. The Bertz CT molecular complexity index is 650. The third-order valence-electron chi connectivity index (χ3n) is 9.97. The molecule has 2 nitrogen and oxygen atoms in total. The lowest BCUT2D eigenvalue weighted by Gasteiger charge is -2.08. The monoisotopic (exact) mass is 602 g/mol. The first kappa shape index (κ1) is 40.2. The molecule has 0 amide bonds. The van der Waals surface area contributed by atoms with E-state index in [0.29, 0.717) is 6.04 Å². The smallest absolute Gasteiger partial charge is 0.237 e. The van der Waals surface area contributed by atoms with Gasteiger partial charge in [0.2, 0.25) is 6.33 Å². The molecule has 1 heterocycles. The van der Waals surface area contributed by atoms with Crippen LogP contribution in [0.5, 0.6) is 0 Å². The molecule has 0 N–H and O–H groups in total. The normalized spacial score (nSPS) is 12.3. The van der Waals surface area contributed by atoms with E-state index in [9.17, 15) is 0 Å². The van der Waals surface area contributed by atoms with E-state index in [1.165, 1.54) is 218 Å². The van der Waals surface area contributed by atoms with Gasteiger partial charge in [-0.2, -0.15) is 0 Å². The molecule has 1 unspecified atom stereocenters. The first-order valence-corrected chi connectivity index (χ1v) is 20.3. The summed E-state index contributed by atoms with van der Waals surface area (Å²) in [7, 11) is 0. The van der Waals surface area contributed by atoms with Crippen LogP contribution in [0, 0.1) is 0 Å². The van der Waals surface area contributed by atoms with Crippen molar-refractivity contribution in [2.45, 2.75) is 245 Å². The van der Waals surface area contributed by atoms with Crippen molar-refractivity contribution in [3.8, 4) is 0 Å². The molecule has 0 radical (unpaired) electrons. The molecule has 0 aliphatic carbocycles. The fraction of sp³-hybridized carbons (Fsp3) is 0.927. The average Bonchev–Trinajstić information content (AvgIpc) is 3.49. The predicted octanol–water partition coefficient (Wildman–Crippen LogP) is 14.2. The van der Waals surface area contributed by atoms with Crippen LogP contribution in [0.1, 0.15) is 239 Å². The van der Waals surface area contributed by atoms with Gasteiger partial charge < -0.3 is 0 Å². The highest BCUT2D eigenvalue weighted by Gasteiger charge is 2.11. The zero-order valence-corrected chi connectivity index (χ0v) is 30.2. The van der Waals surface area contributed by atoms with Gasteiger partial charge in [-0.25, -0.2) is 9.13 Å². The Morgan fingerprint density at radius 1 is 0.419 bits per heavy atom. The second-order valence-electron chi connectivity index (χ2n) is 14.3. The minimum Gasteiger partial charge on any atom is -0.237 e. The van der Waals surface area contributed by atoms with Crippen molar-refractivity contribution in [3.05, 3.63) is 18.7 Å². The summed E-state index contributed by atoms with van der Waals surface area (Å²) in [5.41, 5.74) is 0. The minimum absolute atomic E-state index is 0.638. The van der Waals surface area contributed by atoms with E-state index in [2.05, 4.69) is 48.6 Å². The molecule has 0 aliphatic rings. The molecule has 0 aliphatic heterocycles. The molecule has 0 fully saturated rings. The van der Waals surface area contributed by atoms with Crippen LogP contribution in [0.2, 0.25) is 0 Å². The van der Waals surface area contributed by atoms with Gasteiger partial charge in [0.15, 0.2) is 0 Å². The van der Waals surface area contributed by atoms with Crippen LogP contribution in [0.25, 0.3) is 0 Å². The quantitative estimate of drug-likeness (QED) is 0.0540. The molecule has 1 atom stereocenters. The number of hydrogen-bond donors (Lipinski definition) is 0. The number of hydrogen-bond acceptors (Lipinski definition) is 0. The van der Waals surface area contributed by atoms with Crippen LogP contribution in [0.3, 0.4) is 0 Å². The van der Waals surface area contributed by atoms with Gasteiger partial charge in [0.25, 0.3) is 0 Å². The molecule has 0 saturated carbocycles. The summed E-state index contributed by atoms with van der Waals surface area (Å²) in [6.07, 6.45) is 54.6. The fourth-order valence-electron chi connectivity index (χ4n) is 6.78. The van der Waals surface area contributed by atoms with Crippen LogP contribution in [-0.4, -0.2) is 4.57 Å². The molecule has 0 spiro atoms. The van der Waals surface area contributed by atoms with Crippen LogP contribution in [0.4, 0.5) is 0 Å². The lowest BCUT2D eigenvalue weighted by Crippen LogP contribution is -2.31. The van der Waals surface area contributed by atoms with Crippen molar-refractivity contribution in [2.24, 2.45) is 0 Å². The molecule has 1 rings (SSSR count). The molecular weight excluding hydrogens is 520 g/mol. The van der Waals surface area contributed by atoms with E-state index in [1.807, 2.05) is 0 Å². The summed E-state index contributed by atoms with van der Waals surface area (Å²) in [5, 5.41) is 0. The van der Waals surface area contributed by atoms with Crippen molar-refractivity contribution in [2.75, 3.05) is 0 Å². The van der Waals surface area contributed by atoms with E-state index in [1.54, 1.807) is 0 Å². The fourth-order valence-corrected chi connectivity index (χ4v) is 6.78. The Morgan fingerprint density at radius 3 is 1.07 bits per heavy atom. The van der Waals surface area contributed by atoms with E-state index in [0.717, 1.165) is 0 Å². The van der Waals surface area contributed by atoms with Gasteiger partial charge in [-0.15, -0.1) is 0 Å². The zero-order valence-electron chi connectivity index (χ0n) is 30.2. The summed E-state index contributed by atoms with van der Waals surface area (Å²) >= 11 is 0. The zero-order chi connectivity index (χ0) is 30.9. The second kappa shape index (κ2) is 32.6. The van der Waals surface area contributed by atoms with Crippen molar-refractivity contribution in [1.29, 1.82) is 0 Å². The summed E-state index contributed by atoms with van der Waals surface area (Å²) in [5.74, 6) is 0. The molecule has 0 bridgehead atoms. The van der Waals surface area contributed by atoms with Gasteiger partial charge in [-0.1, -0.05) is 200 Å². The number of nitrogens with zero attached hydrogens (tertiary/aromatic N) is 2. The Kier molecular flexibility index (Phi) is 30.5. The topological polar surface area (TPSA) is 8.81 Å². The maximum Gasteiger partial charge on any atom is 0.243 e. The van der Waals surface area contributed by atoms with Gasteiger partial charge in [0.05, 0.1) is 12.6 Å². The summed E-state index contributed by atoms with van der Waals surface area (Å²) in [6, 6.07) is 0.638. The first-order chi connectivity index (χ1) is 21.3. The van der Waals surface area contributed by atoms with Crippen LogP contribution < -0.4 is 4.57 Å². The number of unbranched alkanes of at least 4 members (excludes halogenated alkanes) is 30. The maximum absolute atomic E-state index is 2.46. The van der Waals surface area contributed by atoms with Gasteiger partial charge in [-0.3, -0.25) is 0 Å². The molecular formula is C41H81N2+. The van der Waals surface area contributed by atoms with Crippen molar-refractivity contribution in [1.82, 2.24) is 4.57 Å². The molecule has 43 heavy (non-hydrogen) atoms. The molecule has 1 aromatic heterocycles. The van der Waals surface area contributed by atoms with Crippen molar-refractivity contribution in [3.63, 3.8) is 0 Å². The number of imidazole rings is 1. The van der Waals surface area contributed by atoms with E-state index in [4.69, 9.17) is 0 Å². The average molecular weight is 602 g/mol. The third kappa shape index (κ3) is 27.3. The molecule has 0 aromatic carbocycles. The number of rotatable bonds is 35. The second-order valence-corrected chi connectivity index (χ2v) is 14.3.